The maximum atomic E-state index is 13.4. The van der Waals surface area contributed by atoms with Gasteiger partial charge in [-0.3, -0.25) is 4.57 Å². The maximum absolute atomic E-state index is 13.4. The Morgan fingerprint density at radius 1 is 1.12 bits per heavy atom. The molecule has 2 heterocycles. The molecular formula is C26H29F3N2O3. The Morgan fingerprint density at radius 2 is 1.79 bits per heavy atom. The monoisotopic (exact) mass is 474 g/mol. The largest absolute Gasteiger partial charge is 0.475 e. The predicted molar refractivity (Wildman–Crippen MR) is 125 cm³/mol. The first kappa shape index (κ1) is 24.0. The molecule has 1 aromatic carbocycles. The number of nitrogens with zero attached hydrogens (tertiary/aromatic N) is 2. The molecule has 0 bridgehead atoms. The molecule has 0 aliphatic heterocycles. The quantitative estimate of drug-likeness (QED) is 0.393. The minimum absolute atomic E-state index is 0.00557. The van der Waals surface area contributed by atoms with Gasteiger partial charge in [-0.25, -0.2) is 4.79 Å². The third-order valence-corrected chi connectivity index (χ3v) is 6.39. The molecule has 0 amide bonds. The zero-order valence-electron chi connectivity index (χ0n) is 19.4. The van der Waals surface area contributed by atoms with E-state index >= 15 is 0 Å². The lowest BCUT2D eigenvalue weighted by Gasteiger charge is -2.25. The number of aromatic nitrogens is 1. The van der Waals surface area contributed by atoms with Crippen LogP contribution in [-0.4, -0.2) is 34.9 Å². The number of furan rings is 1. The Balaban J connectivity index is 1.77. The van der Waals surface area contributed by atoms with E-state index < -0.39 is 18.1 Å². The molecule has 0 saturated heterocycles. The molecule has 5 nitrogen and oxygen atoms in total. The van der Waals surface area contributed by atoms with E-state index in [-0.39, 0.29) is 25.0 Å². The molecule has 34 heavy (non-hydrogen) atoms. The fourth-order valence-electron chi connectivity index (χ4n) is 4.79. The van der Waals surface area contributed by atoms with Gasteiger partial charge in [-0.2, -0.15) is 13.2 Å². The maximum Gasteiger partial charge on any atom is 0.392 e. The number of alkyl halides is 3. The fraction of sp³-hybridized carbons (Fsp3) is 0.423. The number of benzene rings is 1. The van der Waals surface area contributed by atoms with Gasteiger partial charge in [0.05, 0.1) is 11.6 Å². The van der Waals surface area contributed by atoms with Crippen LogP contribution in [0, 0.1) is 5.92 Å². The summed E-state index contributed by atoms with van der Waals surface area (Å²) in [7, 11) is 0. The number of hydrogen-bond acceptors (Lipinski definition) is 3. The second kappa shape index (κ2) is 9.60. The van der Waals surface area contributed by atoms with Crippen molar-refractivity contribution in [2.24, 2.45) is 5.92 Å². The van der Waals surface area contributed by atoms with Gasteiger partial charge in [0.15, 0.2) is 0 Å². The third-order valence-electron chi connectivity index (χ3n) is 6.39. The summed E-state index contributed by atoms with van der Waals surface area (Å²) in [5.74, 6) is -2.49. The summed E-state index contributed by atoms with van der Waals surface area (Å²) in [5.41, 5.74) is 3.99. The molecule has 1 unspecified atom stereocenters. The van der Waals surface area contributed by atoms with Crippen LogP contribution < -0.4 is 4.90 Å². The third kappa shape index (κ3) is 4.72. The van der Waals surface area contributed by atoms with Crippen LogP contribution in [0.15, 0.2) is 46.9 Å². The number of rotatable bonds is 8. The lowest BCUT2D eigenvalue weighted by atomic mass is 9.87. The average molecular weight is 475 g/mol. The van der Waals surface area contributed by atoms with Crippen LogP contribution in [-0.2, 0) is 12.8 Å². The van der Waals surface area contributed by atoms with E-state index in [0.29, 0.717) is 17.1 Å². The topological polar surface area (TPSA) is 58.6 Å². The highest BCUT2D eigenvalue weighted by Crippen LogP contribution is 2.41. The van der Waals surface area contributed by atoms with Gasteiger partial charge < -0.3 is 14.4 Å². The van der Waals surface area contributed by atoms with Crippen molar-refractivity contribution >= 4 is 11.7 Å². The Bertz CT molecular complexity index is 1140. The summed E-state index contributed by atoms with van der Waals surface area (Å²) >= 11 is 0. The summed E-state index contributed by atoms with van der Waals surface area (Å²) in [6.07, 6.45) is -2.05. The van der Waals surface area contributed by atoms with Crippen molar-refractivity contribution in [3.63, 3.8) is 0 Å². The molecule has 0 fully saturated rings. The highest BCUT2D eigenvalue weighted by atomic mass is 19.4. The Morgan fingerprint density at radius 3 is 2.35 bits per heavy atom. The van der Waals surface area contributed by atoms with Gasteiger partial charge in [-0.1, -0.05) is 26.0 Å². The SMILES string of the molecule is CCCN(CCC)c1ccc(-c2cc3c(n2-c2ccc(C(=O)O)o2)CCC(C(F)(F)F)C3)cc1. The van der Waals surface area contributed by atoms with E-state index in [0.717, 1.165) is 42.9 Å². The van der Waals surface area contributed by atoms with E-state index in [2.05, 4.69) is 18.7 Å². The number of anilines is 1. The lowest BCUT2D eigenvalue weighted by Crippen LogP contribution is -2.29. The van der Waals surface area contributed by atoms with Crippen LogP contribution in [0.2, 0.25) is 0 Å². The summed E-state index contributed by atoms with van der Waals surface area (Å²) in [6.45, 7) is 6.16. The fourth-order valence-corrected chi connectivity index (χ4v) is 4.79. The minimum atomic E-state index is -4.25. The van der Waals surface area contributed by atoms with E-state index in [4.69, 9.17) is 4.42 Å². The van der Waals surface area contributed by atoms with Crippen molar-refractivity contribution in [2.45, 2.75) is 52.1 Å². The van der Waals surface area contributed by atoms with Gasteiger partial charge in [0, 0.05) is 30.5 Å². The molecule has 2 aromatic heterocycles. The van der Waals surface area contributed by atoms with Crippen LogP contribution in [0.5, 0.6) is 0 Å². The number of aromatic carboxylic acids is 1. The number of fused-ring (bicyclic) bond motifs is 1. The van der Waals surface area contributed by atoms with Gasteiger partial charge in [0.25, 0.3) is 0 Å². The zero-order chi connectivity index (χ0) is 24.5. The first-order valence-corrected chi connectivity index (χ1v) is 11.7. The molecule has 0 radical (unpaired) electrons. The number of carbonyl (C=O) groups is 1. The summed E-state index contributed by atoms with van der Waals surface area (Å²) in [6, 6.07) is 12.7. The zero-order valence-corrected chi connectivity index (χ0v) is 19.4. The Hall–Kier alpha value is -3.16. The van der Waals surface area contributed by atoms with Crippen LogP contribution in [0.25, 0.3) is 17.1 Å². The van der Waals surface area contributed by atoms with Crippen molar-refractivity contribution in [1.82, 2.24) is 4.57 Å². The van der Waals surface area contributed by atoms with Crippen molar-refractivity contribution in [1.29, 1.82) is 0 Å². The number of carboxylic acids is 1. The molecule has 1 atom stereocenters. The van der Waals surface area contributed by atoms with Crippen LogP contribution in [0.3, 0.4) is 0 Å². The highest BCUT2D eigenvalue weighted by molar-refractivity contribution is 5.84. The second-order valence-corrected chi connectivity index (χ2v) is 8.80. The molecular weight excluding hydrogens is 445 g/mol. The van der Waals surface area contributed by atoms with Gasteiger partial charge in [-0.05, 0) is 67.5 Å². The molecule has 1 N–H and O–H groups in total. The van der Waals surface area contributed by atoms with Crippen molar-refractivity contribution in [2.75, 3.05) is 18.0 Å². The lowest BCUT2D eigenvalue weighted by molar-refractivity contribution is -0.177. The highest BCUT2D eigenvalue weighted by Gasteiger charge is 2.42. The predicted octanol–water partition coefficient (Wildman–Crippen LogP) is 6.73. The van der Waals surface area contributed by atoms with Crippen LogP contribution in [0.4, 0.5) is 18.9 Å². The van der Waals surface area contributed by atoms with Gasteiger partial charge >= 0.3 is 12.1 Å². The van der Waals surface area contributed by atoms with E-state index in [1.165, 1.54) is 6.07 Å². The van der Waals surface area contributed by atoms with E-state index in [1.807, 2.05) is 24.3 Å². The van der Waals surface area contributed by atoms with E-state index in [9.17, 15) is 23.1 Å². The Kier molecular flexibility index (Phi) is 6.77. The van der Waals surface area contributed by atoms with Gasteiger partial charge in [-0.15, -0.1) is 0 Å². The molecule has 0 spiro atoms. The Labute approximate surface area is 196 Å². The first-order chi connectivity index (χ1) is 16.2. The molecule has 8 heteroatoms. The smallest absolute Gasteiger partial charge is 0.392 e. The molecule has 1 aliphatic rings. The molecule has 3 aromatic rings. The van der Waals surface area contributed by atoms with Gasteiger partial charge in [0.1, 0.15) is 0 Å². The summed E-state index contributed by atoms with van der Waals surface area (Å²) < 4.78 is 47.6. The number of halogens is 3. The molecule has 182 valence electrons. The second-order valence-electron chi connectivity index (χ2n) is 8.80. The molecule has 0 saturated carbocycles. The van der Waals surface area contributed by atoms with Crippen molar-refractivity contribution in [3.8, 4) is 17.1 Å². The standard InChI is InChI=1S/C26H29F3N2O3/c1-3-13-30(14-4-2)20-8-5-17(6-9-20)22-16-18-15-19(26(27,28)29)7-10-21(18)31(22)24-12-11-23(34-24)25(32)33/h5-6,8-9,11-12,16,19H,3-4,7,10,13-15H2,1-2H3,(H,32,33). The number of carboxylic acid groups (broad SMARTS) is 1. The van der Waals surface area contributed by atoms with Crippen molar-refractivity contribution < 1.29 is 27.5 Å². The van der Waals surface area contributed by atoms with Crippen LogP contribution >= 0.6 is 0 Å². The summed E-state index contributed by atoms with van der Waals surface area (Å²) in [5, 5.41) is 9.28. The number of hydrogen-bond donors (Lipinski definition) is 1. The summed E-state index contributed by atoms with van der Waals surface area (Å²) in [4.78, 5) is 13.7. The molecule has 1 aliphatic carbocycles. The minimum Gasteiger partial charge on any atom is -0.475 e. The molecule has 4 rings (SSSR count). The van der Waals surface area contributed by atoms with Crippen LogP contribution in [0.1, 0.15) is 54.9 Å². The average Bonchev–Trinajstić information content (AvgIpc) is 3.43. The normalized spacial score (nSPS) is 15.9. The van der Waals surface area contributed by atoms with Crippen molar-refractivity contribution in [3.05, 3.63) is 59.5 Å². The van der Waals surface area contributed by atoms with E-state index in [1.54, 1.807) is 16.7 Å². The van der Waals surface area contributed by atoms with Gasteiger partial charge in [0.2, 0.25) is 11.6 Å². The first-order valence-electron chi connectivity index (χ1n) is 11.7.